The van der Waals surface area contributed by atoms with Gasteiger partial charge in [0, 0.05) is 28.8 Å². The van der Waals surface area contributed by atoms with Crippen LogP contribution in [-0.4, -0.2) is 16.2 Å². The molecule has 5 nitrogen and oxygen atoms in total. The highest BCUT2D eigenvalue weighted by molar-refractivity contribution is 5.97. The van der Waals surface area contributed by atoms with Crippen LogP contribution in [0.4, 0.5) is 0 Å². The third-order valence-electron chi connectivity index (χ3n) is 4.62. The second-order valence-electron chi connectivity index (χ2n) is 6.01. The number of phenolic OH excluding ortho intramolecular Hbond substituents is 2. The molecule has 2 N–H and O–H groups in total. The summed E-state index contributed by atoms with van der Waals surface area (Å²) in [6, 6.07) is 17.3. The molecular weight excluding hydrogens is 320 g/mol. The van der Waals surface area contributed by atoms with Crippen molar-refractivity contribution < 1.29 is 24.5 Å². The van der Waals surface area contributed by atoms with Gasteiger partial charge in [0.05, 0.1) is 5.56 Å². The van der Waals surface area contributed by atoms with Crippen molar-refractivity contribution in [2.24, 2.45) is 0 Å². The fourth-order valence-electron chi connectivity index (χ4n) is 3.59. The summed E-state index contributed by atoms with van der Waals surface area (Å²) in [4.78, 5) is 12.5. The summed E-state index contributed by atoms with van der Waals surface area (Å²) in [5.74, 6) is 0.344. The Hall–Kier alpha value is -3.47. The number of fused-ring (bicyclic) bond motifs is 6. The van der Waals surface area contributed by atoms with Gasteiger partial charge < -0.3 is 19.7 Å². The first kappa shape index (κ1) is 13.9. The molecule has 2 heterocycles. The number of ether oxygens (including phenoxy) is 2. The lowest BCUT2D eigenvalue weighted by atomic mass is 9.77. The fourth-order valence-corrected chi connectivity index (χ4v) is 3.59. The monoisotopic (exact) mass is 331 g/mol. The van der Waals surface area contributed by atoms with Crippen molar-refractivity contribution in [3.8, 4) is 23.0 Å². The van der Waals surface area contributed by atoms with E-state index in [0.717, 1.165) is 0 Å². The molecule has 2 aliphatic rings. The second kappa shape index (κ2) is 4.54. The standard InChI is InChI=1S/C20H11O5/c21-11-5-7-15-17(9-11)24-18-10-12(22)6-8-16(18)20(15)14-4-2-1-3-13(14)19(23)25-20/h2-10,21-22H. The molecule has 1 radical (unpaired) electrons. The summed E-state index contributed by atoms with van der Waals surface area (Å²) >= 11 is 0. The average Bonchev–Trinajstić information content (AvgIpc) is 2.88. The van der Waals surface area contributed by atoms with E-state index < -0.39 is 11.6 Å². The lowest BCUT2D eigenvalue weighted by Gasteiger charge is -2.36. The van der Waals surface area contributed by atoms with Gasteiger partial charge >= 0.3 is 5.97 Å². The first-order valence-electron chi connectivity index (χ1n) is 7.68. The fraction of sp³-hybridized carbons (Fsp3) is 0.0500. The molecule has 5 rings (SSSR count). The van der Waals surface area contributed by atoms with E-state index in [-0.39, 0.29) is 11.5 Å². The van der Waals surface area contributed by atoms with E-state index in [2.05, 4.69) is 6.07 Å². The summed E-state index contributed by atoms with van der Waals surface area (Å²) in [6.45, 7) is 0. The third kappa shape index (κ3) is 1.69. The molecule has 0 saturated heterocycles. The Balaban J connectivity index is 1.91. The molecule has 0 aliphatic carbocycles. The van der Waals surface area contributed by atoms with Crippen LogP contribution >= 0.6 is 0 Å². The van der Waals surface area contributed by atoms with Crippen molar-refractivity contribution in [1.82, 2.24) is 0 Å². The van der Waals surface area contributed by atoms with E-state index in [0.29, 0.717) is 33.8 Å². The minimum Gasteiger partial charge on any atom is -0.508 e. The molecule has 0 aromatic heterocycles. The van der Waals surface area contributed by atoms with E-state index in [9.17, 15) is 15.0 Å². The topological polar surface area (TPSA) is 76.0 Å². The van der Waals surface area contributed by atoms with E-state index in [1.165, 1.54) is 24.3 Å². The van der Waals surface area contributed by atoms with Crippen LogP contribution < -0.4 is 4.74 Å². The zero-order chi connectivity index (χ0) is 17.2. The van der Waals surface area contributed by atoms with Crippen LogP contribution in [0.2, 0.25) is 0 Å². The number of carbonyl (C=O) groups excluding carboxylic acids is 1. The highest BCUT2D eigenvalue weighted by Gasteiger charge is 2.53. The summed E-state index contributed by atoms with van der Waals surface area (Å²) < 4.78 is 11.7. The van der Waals surface area contributed by atoms with Crippen LogP contribution in [0, 0.1) is 6.07 Å². The number of hydrogen-bond acceptors (Lipinski definition) is 5. The molecule has 1 spiro atoms. The highest BCUT2D eigenvalue weighted by Crippen LogP contribution is 2.56. The normalized spacial score (nSPS) is 15.8. The van der Waals surface area contributed by atoms with Gasteiger partial charge in [-0.25, -0.2) is 4.79 Å². The Kier molecular flexibility index (Phi) is 2.53. The summed E-state index contributed by atoms with van der Waals surface area (Å²) in [5.41, 5.74) is 1.15. The van der Waals surface area contributed by atoms with Gasteiger partial charge in [0.2, 0.25) is 0 Å². The average molecular weight is 331 g/mol. The molecule has 0 amide bonds. The predicted molar refractivity (Wildman–Crippen MR) is 86.9 cm³/mol. The van der Waals surface area contributed by atoms with E-state index >= 15 is 0 Å². The molecule has 0 saturated carbocycles. The molecule has 3 aromatic carbocycles. The van der Waals surface area contributed by atoms with Gasteiger partial charge in [-0.15, -0.1) is 0 Å². The predicted octanol–water partition coefficient (Wildman–Crippen LogP) is 3.47. The van der Waals surface area contributed by atoms with Crippen molar-refractivity contribution in [2.75, 3.05) is 0 Å². The van der Waals surface area contributed by atoms with Gasteiger partial charge in [-0.1, -0.05) is 12.1 Å². The highest BCUT2D eigenvalue weighted by atomic mass is 16.6. The number of hydrogen-bond donors (Lipinski definition) is 2. The largest absolute Gasteiger partial charge is 0.508 e. The van der Waals surface area contributed by atoms with Gasteiger partial charge in [0.15, 0.2) is 5.60 Å². The zero-order valence-electron chi connectivity index (χ0n) is 12.8. The summed E-state index contributed by atoms with van der Waals surface area (Å²) in [5, 5.41) is 19.7. The quantitative estimate of drug-likeness (QED) is 0.617. The Morgan fingerprint density at radius 2 is 1.52 bits per heavy atom. The molecule has 5 heteroatoms. The molecule has 0 atom stereocenters. The Bertz CT molecular complexity index is 1000. The zero-order valence-corrected chi connectivity index (χ0v) is 12.8. The van der Waals surface area contributed by atoms with Crippen molar-refractivity contribution in [3.05, 3.63) is 82.9 Å². The van der Waals surface area contributed by atoms with Crippen LogP contribution in [0.15, 0.2) is 54.6 Å². The molecular formula is C20H11O5. The molecule has 0 fully saturated rings. The van der Waals surface area contributed by atoms with Crippen molar-refractivity contribution in [2.45, 2.75) is 5.60 Å². The number of phenols is 2. The summed E-state index contributed by atoms with van der Waals surface area (Å²) in [7, 11) is 0. The van der Waals surface area contributed by atoms with Gasteiger partial charge in [-0.05, 0) is 36.4 Å². The maximum Gasteiger partial charge on any atom is 0.340 e. The van der Waals surface area contributed by atoms with Gasteiger partial charge in [0.25, 0.3) is 0 Å². The van der Waals surface area contributed by atoms with Crippen molar-refractivity contribution in [3.63, 3.8) is 0 Å². The molecule has 121 valence electrons. The van der Waals surface area contributed by atoms with Crippen molar-refractivity contribution >= 4 is 5.97 Å². The van der Waals surface area contributed by atoms with Crippen LogP contribution in [-0.2, 0) is 10.3 Å². The van der Waals surface area contributed by atoms with Crippen LogP contribution in [0.25, 0.3) is 0 Å². The van der Waals surface area contributed by atoms with Crippen molar-refractivity contribution in [1.29, 1.82) is 0 Å². The van der Waals surface area contributed by atoms with Crippen LogP contribution in [0.3, 0.4) is 0 Å². The number of aromatic hydroxyl groups is 2. The SMILES string of the molecule is O=C1OC2(c3ccc(O)cc3Oc3cc(O)ccc32)c2cc[c]cc21. The van der Waals surface area contributed by atoms with Gasteiger partial charge in [-0.3, -0.25) is 0 Å². The minimum absolute atomic E-state index is 0.0310. The van der Waals surface area contributed by atoms with Gasteiger partial charge in [-0.2, -0.15) is 0 Å². The molecule has 0 unspecified atom stereocenters. The maximum absolute atomic E-state index is 12.5. The number of benzene rings is 3. The smallest absolute Gasteiger partial charge is 0.340 e. The molecule has 0 bridgehead atoms. The maximum atomic E-state index is 12.5. The number of esters is 1. The van der Waals surface area contributed by atoms with Crippen LogP contribution in [0.5, 0.6) is 23.0 Å². The lowest BCUT2D eigenvalue weighted by Crippen LogP contribution is -2.32. The first-order valence-corrected chi connectivity index (χ1v) is 7.68. The second-order valence-corrected chi connectivity index (χ2v) is 6.01. The Morgan fingerprint density at radius 1 is 0.880 bits per heavy atom. The first-order chi connectivity index (χ1) is 12.1. The minimum atomic E-state index is -1.19. The van der Waals surface area contributed by atoms with E-state index in [1.54, 1.807) is 30.3 Å². The van der Waals surface area contributed by atoms with Gasteiger partial charge in [0.1, 0.15) is 23.0 Å². The molecule has 3 aromatic rings. The van der Waals surface area contributed by atoms with E-state index in [1.807, 2.05) is 0 Å². The van der Waals surface area contributed by atoms with E-state index in [4.69, 9.17) is 9.47 Å². The molecule has 25 heavy (non-hydrogen) atoms. The summed E-state index contributed by atoms with van der Waals surface area (Å²) in [6.07, 6.45) is 0. The number of carbonyl (C=O) groups is 1. The third-order valence-corrected chi connectivity index (χ3v) is 4.62. The molecule has 2 aliphatic heterocycles. The lowest BCUT2D eigenvalue weighted by molar-refractivity contribution is 0.0224. The Morgan fingerprint density at radius 3 is 2.16 bits per heavy atom. The van der Waals surface area contributed by atoms with Crippen LogP contribution in [0.1, 0.15) is 27.0 Å². The Labute approximate surface area is 142 Å². The number of rotatable bonds is 0.